The molecule has 2 saturated carbocycles. The first-order valence-electron chi connectivity index (χ1n) is 27.6. The molecule has 4 aromatic heterocycles. The van der Waals surface area contributed by atoms with Crippen molar-refractivity contribution in [3.8, 4) is 56.9 Å². The van der Waals surface area contributed by atoms with Crippen LogP contribution in [0.2, 0.25) is 0 Å². The predicted octanol–water partition coefficient (Wildman–Crippen LogP) is 11.3. The molecule has 4 heterocycles. The summed E-state index contributed by atoms with van der Waals surface area (Å²) in [5, 5.41) is 11.1. The number of fused-ring (bicyclic) bond motifs is 2. The zero-order valence-corrected chi connectivity index (χ0v) is 46.7. The molecule has 6 aromatic carbocycles. The van der Waals surface area contributed by atoms with Crippen LogP contribution in [0.4, 0.5) is 23.0 Å². The van der Waals surface area contributed by atoms with E-state index in [1.807, 2.05) is 170 Å². The molecule has 18 heteroatoms. The van der Waals surface area contributed by atoms with Gasteiger partial charge in [0.2, 0.25) is 11.8 Å². The zero-order valence-electron chi connectivity index (χ0n) is 46.7. The second-order valence-corrected chi connectivity index (χ2v) is 20.6. The van der Waals surface area contributed by atoms with E-state index in [9.17, 15) is 9.59 Å². The standard InChI is InChI=1S/C33H33N7O2.C32H31N7O2/c1-38(24-8-6-9-24)21-7-12-29(41)39(2)25-15-17-26(18-16-25)40-33-30(32(34)35-22-36-33)31(37-40)23-13-19-28(20-14-23)42-27-10-4-3-5-11-27;1-37(23-12-13-23)20-6-9-28(40)38(2)24-14-16-25(17-15-24)39-32-29(31(33)34-21-35-32)30(36-39)22-10-18-27(19-11-22)41-26-7-4-3-5-8-26/h3-5,7,10-20,22,24H,6,8-9,21H2,1-2H3,(H2,34,35,36);3-11,14-19,21,23H,12-13,20H2,1-2H3,(H2,33,34,35)/b12-7+;9-6+. The van der Waals surface area contributed by atoms with Crippen LogP contribution in [-0.2, 0) is 9.59 Å². The van der Waals surface area contributed by atoms with Crippen LogP contribution in [0.15, 0.2) is 195 Å². The second-order valence-electron chi connectivity index (χ2n) is 20.6. The Bertz CT molecular complexity index is 3920. The smallest absolute Gasteiger partial charge is 0.250 e. The largest absolute Gasteiger partial charge is 0.457 e. The van der Waals surface area contributed by atoms with Gasteiger partial charge in [-0.1, -0.05) is 55.0 Å². The van der Waals surface area contributed by atoms with E-state index in [-0.39, 0.29) is 11.8 Å². The highest BCUT2D eigenvalue weighted by Gasteiger charge is 2.26. The number of nitrogen functional groups attached to an aromatic ring is 2. The lowest BCUT2D eigenvalue weighted by Gasteiger charge is -2.33. The molecule has 4 N–H and O–H groups in total. The third kappa shape index (κ3) is 12.6. The fourth-order valence-corrected chi connectivity index (χ4v) is 9.72. The van der Waals surface area contributed by atoms with Crippen molar-refractivity contribution in [2.45, 2.75) is 44.2 Å². The van der Waals surface area contributed by atoms with E-state index < -0.39 is 0 Å². The van der Waals surface area contributed by atoms with Crippen molar-refractivity contribution in [2.75, 3.05) is 62.5 Å². The quantitative estimate of drug-likeness (QED) is 0.0767. The maximum Gasteiger partial charge on any atom is 0.250 e. The molecule has 12 rings (SSSR count). The number of carbonyl (C=O) groups excluding carboxylic acids is 2. The normalized spacial score (nSPS) is 13.4. The van der Waals surface area contributed by atoms with Crippen molar-refractivity contribution in [3.63, 3.8) is 0 Å². The van der Waals surface area contributed by atoms with Gasteiger partial charge in [0, 0.05) is 73.9 Å². The third-order valence-electron chi connectivity index (χ3n) is 15.0. The van der Waals surface area contributed by atoms with Crippen LogP contribution in [0.3, 0.4) is 0 Å². The molecule has 0 saturated heterocycles. The number of para-hydroxylation sites is 2. The van der Waals surface area contributed by atoms with E-state index >= 15 is 0 Å². The summed E-state index contributed by atoms with van der Waals surface area (Å²) in [5.41, 5.74) is 20.0. The van der Waals surface area contributed by atoms with Gasteiger partial charge in [0.15, 0.2) is 11.3 Å². The Kier molecular flexibility index (Phi) is 16.4. The van der Waals surface area contributed by atoms with Crippen LogP contribution in [0.1, 0.15) is 32.1 Å². The Morgan fingerprint density at radius 2 is 0.867 bits per heavy atom. The lowest BCUT2D eigenvalue weighted by atomic mass is 9.92. The van der Waals surface area contributed by atoms with E-state index in [0.29, 0.717) is 68.7 Å². The highest BCUT2D eigenvalue weighted by Crippen LogP contribution is 2.36. The number of ether oxygens (including phenoxy) is 2. The number of rotatable bonds is 18. The van der Waals surface area contributed by atoms with E-state index in [1.54, 1.807) is 45.4 Å². The van der Waals surface area contributed by atoms with E-state index in [1.165, 1.54) is 44.8 Å². The van der Waals surface area contributed by atoms with Gasteiger partial charge in [-0.05, 0) is 161 Å². The fraction of sp³-hybridized carbons (Fsp3) is 0.200. The van der Waals surface area contributed by atoms with Crippen molar-refractivity contribution in [1.82, 2.24) is 49.3 Å². The van der Waals surface area contributed by atoms with Crippen LogP contribution >= 0.6 is 0 Å². The van der Waals surface area contributed by atoms with Crippen LogP contribution in [0, 0.1) is 0 Å². The first-order chi connectivity index (χ1) is 40.4. The van der Waals surface area contributed by atoms with Gasteiger partial charge >= 0.3 is 0 Å². The summed E-state index contributed by atoms with van der Waals surface area (Å²) in [4.78, 5) is 50.8. The number of amides is 2. The molecule has 0 atom stereocenters. The first kappa shape index (κ1) is 54.9. The van der Waals surface area contributed by atoms with Crippen LogP contribution in [0.5, 0.6) is 23.0 Å². The first-order valence-corrected chi connectivity index (χ1v) is 27.6. The number of benzene rings is 6. The highest BCUT2D eigenvalue weighted by atomic mass is 16.5. The Balaban J connectivity index is 0.000000174. The molecule has 2 fully saturated rings. The van der Waals surface area contributed by atoms with Crippen molar-refractivity contribution in [1.29, 1.82) is 0 Å². The van der Waals surface area contributed by atoms with Crippen molar-refractivity contribution < 1.29 is 19.1 Å². The summed E-state index contributed by atoms with van der Waals surface area (Å²) in [6, 6.07) is 51.1. The molecule has 2 aliphatic carbocycles. The van der Waals surface area contributed by atoms with Crippen LogP contribution in [0.25, 0.3) is 56.0 Å². The SMILES string of the molecule is CN(C(=O)/C=C/CN(C)C1CC1)c1ccc(-n2nc(-c3ccc(Oc4ccccc4)cc3)c3c(N)ncnc32)cc1.CN(C(=O)/C=C/CN(C)C1CCC1)c1ccc(-n2nc(-c3ccc(Oc4ccccc4)cc3)c3c(N)ncnc32)cc1. The van der Waals surface area contributed by atoms with Gasteiger partial charge < -0.3 is 30.7 Å². The van der Waals surface area contributed by atoms with Crippen molar-refractivity contribution in [3.05, 3.63) is 195 Å². The molecule has 0 bridgehead atoms. The molecule has 0 radical (unpaired) electrons. The number of hydrogen-bond donors (Lipinski definition) is 2. The highest BCUT2D eigenvalue weighted by molar-refractivity contribution is 6.03. The maximum absolute atomic E-state index is 12.8. The monoisotopic (exact) mass is 1100 g/mol. The molecule has 18 nitrogen and oxygen atoms in total. The van der Waals surface area contributed by atoms with E-state index in [0.717, 1.165) is 58.5 Å². The zero-order chi connectivity index (χ0) is 57.4. The van der Waals surface area contributed by atoms with Gasteiger partial charge in [-0.2, -0.15) is 10.2 Å². The second kappa shape index (κ2) is 24.8. The number of nitrogens with two attached hydrogens (primary N) is 2. The number of nitrogens with zero attached hydrogens (tertiary/aromatic N) is 12. The average Bonchev–Trinajstić information content (AvgIpc) is 3.42. The maximum atomic E-state index is 12.8. The lowest BCUT2D eigenvalue weighted by molar-refractivity contribution is -0.114. The summed E-state index contributed by atoms with van der Waals surface area (Å²) >= 11 is 0. The fourth-order valence-electron chi connectivity index (χ4n) is 9.72. The van der Waals surface area contributed by atoms with Crippen molar-refractivity contribution >= 4 is 56.9 Å². The Morgan fingerprint density at radius 1 is 0.494 bits per heavy atom. The third-order valence-corrected chi connectivity index (χ3v) is 15.0. The number of hydrogen-bond acceptors (Lipinski definition) is 14. The molecule has 0 spiro atoms. The number of likely N-dealkylation sites (N-methyl/N-ethyl adjacent to an activating group) is 4. The Hall–Kier alpha value is -10.0. The minimum Gasteiger partial charge on any atom is -0.457 e. The average molecular weight is 1110 g/mol. The Morgan fingerprint density at radius 3 is 1.23 bits per heavy atom. The van der Waals surface area contributed by atoms with Gasteiger partial charge in [-0.25, -0.2) is 29.3 Å². The Labute approximate surface area is 481 Å². The molecule has 2 amide bonds. The summed E-state index contributed by atoms with van der Waals surface area (Å²) in [7, 11) is 7.75. The summed E-state index contributed by atoms with van der Waals surface area (Å²) in [6.45, 7) is 1.54. The van der Waals surface area contributed by atoms with Crippen LogP contribution < -0.4 is 30.7 Å². The van der Waals surface area contributed by atoms with Crippen LogP contribution in [-0.4, -0.2) is 114 Å². The van der Waals surface area contributed by atoms with E-state index in [4.69, 9.17) is 31.1 Å². The molecule has 418 valence electrons. The van der Waals surface area contributed by atoms with Gasteiger partial charge in [0.05, 0.1) is 22.1 Å². The minimum atomic E-state index is -0.0750. The summed E-state index contributed by atoms with van der Waals surface area (Å²) < 4.78 is 15.4. The topological polar surface area (TPSA) is 205 Å². The number of carbonyl (C=O) groups is 2. The molecule has 2 aliphatic rings. The molecule has 0 unspecified atom stereocenters. The van der Waals surface area contributed by atoms with Gasteiger partial charge in [0.25, 0.3) is 0 Å². The number of aromatic nitrogens is 8. The van der Waals surface area contributed by atoms with E-state index in [2.05, 4.69) is 43.8 Å². The summed E-state index contributed by atoms with van der Waals surface area (Å²) in [5.74, 6) is 3.51. The van der Waals surface area contributed by atoms with Gasteiger partial charge in [-0.15, -0.1) is 0 Å². The van der Waals surface area contributed by atoms with Gasteiger partial charge in [0.1, 0.15) is 58.7 Å². The molecule has 83 heavy (non-hydrogen) atoms. The minimum absolute atomic E-state index is 0.0724. The molecule has 10 aromatic rings. The summed E-state index contributed by atoms with van der Waals surface area (Å²) in [6.07, 6.45) is 16.3. The predicted molar refractivity (Wildman–Crippen MR) is 327 cm³/mol. The molecular weight excluding hydrogens is 1040 g/mol. The van der Waals surface area contributed by atoms with Gasteiger partial charge in [-0.3, -0.25) is 19.4 Å². The molecular formula is C65H64N14O4. The lowest BCUT2D eigenvalue weighted by Crippen LogP contribution is -2.37. The number of anilines is 4. The van der Waals surface area contributed by atoms with Crippen molar-refractivity contribution in [2.24, 2.45) is 0 Å². The molecule has 0 aliphatic heterocycles.